The fraction of sp³-hybridized carbons (Fsp3) is 0.533. The molecule has 3 rings (SSSR count). The van der Waals surface area contributed by atoms with Crippen molar-refractivity contribution in [1.29, 1.82) is 0 Å². The standard InChI is InChI=1S/C15H17F3N2O2/c16-15(17,18)11-3-1-2-4-12(11)20-9-13(22-14(20)21)10-5-7-19-8-6-10/h1-4,10,13,19H,5-9H2. The molecule has 0 aromatic heterocycles. The third kappa shape index (κ3) is 2.90. The number of cyclic esters (lactones) is 1. The number of nitrogens with one attached hydrogen (secondary N) is 1. The minimum absolute atomic E-state index is 0.128. The summed E-state index contributed by atoms with van der Waals surface area (Å²) in [5.74, 6) is 0.202. The lowest BCUT2D eigenvalue weighted by Gasteiger charge is -2.26. The van der Waals surface area contributed by atoms with Crippen molar-refractivity contribution < 1.29 is 22.7 Å². The number of carbonyl (C=O) groups excluding carboxylic acids is 1. The Bertz CT molecular complexity index is 556. The van der Waals surface area contributed by atoms with E-state index in [-0.39, 0.29) is 24.3 Å². The van der Waals surface area contributed by atoms with E-state index < -0.39 is 17.8 Å². The van der Waals surface area contributed by atoms with E-state index in [2.05, 4.69) is 5.32 Å². The zero-order valence-electron chi connectivity index (χ0n) is 11.9. The molecule has 0 bridgehead atoms. The number of para-hydroxylation sites is 1. The monoisotopic (exact) mass is 314 g/mol. The number of hydrogen-bond donors (Lipinski definition) is 1. The summed E-state index contributed by atoms with van der Waals surface area (Å²) < 4.78 is 44.6. The van der Waals surface area contributed by atoms with Crippen molar-refractivity contribution in [3.8, 4) is 0 Å². The van der Waals surface area contributed by atoms with E-state index in [0.717, 1.165) is 36.9 Å². The van der Waals surface area contributed by atoms with Gasteiger partial charge in [-0.05, 0) is 38.1 Å². The molecule has 0 saturated carbocycles. The van der Waals surface area contributed by atoms with E-state index in [1.807, 2.05) is 0 Å². The Morgan fingerprint density at radius 2 is 1.86 bits per heavy atom. The third-order valence-corrected chi connectivity index (χ3v) is 4.24. The van der Waals surface area contributed by atoms with E-state index in [4.69, 9.17) is 4.74 Å². The maximum Gasteiger partial charge on any atom is 0.418 e. The predicted molar refractivity (Wildman–Crippen MR) is 74.7 cm³/mol. The highest BCUT2D eigenvalue weighted by Gasteiger charge is 2.42. The van der Waals surface area contributed by atoms with Gasteiger partial charge in [0.1, 0.15) is 6.10 Å². The lowest BCUT2D eigenvalue weighted by molar-refractivity contribution is -0.137. The number of nitrogens with zero attached hydrogens (tertiary/aromatic N) is 1. The van der Waals surface area contributed by atoms with Crippen molar-refractivity contribution in [2.24, 2.45) is 5.92 Å². The van der Waals surface area contributed by atoms with Crippen LogP contribution in [0.4, 0.5) is 23.7 Å². The van der Waals surface area contributed by atoms with Crippen molar-refractivity contribution in [1.82, 2.24) is 5.32 Å². The molecule has 120 valence electrons. The Balaban J connectivity index is 1.82. The molecule has 0 radical (unpaired) electrons. The highest BCUT2D eigenvalue weighted by Crippen LogP contribution is 2.38. The van der Waals surface area contributed by atoms with E-state index in [9.17, 15) is 18.0 Å². The second kappa shape index (κ2) is 5.79. The van der Waals surface area contributed by atoms with E-state index >= 15 is 0 Å². The predicted octanol–water partition coefficient (Wildman–Crippen LogP) is 3.03. The molecule has 2 saturated heterocycles. The fourth-order valence-corrected chi connectivity index (χ4v) is 3.09. The molecule has 1 unspecified atom stereocenters. The van der Waals surface area contributed by atoms with Gasteiger partial charge < -0.3 is 10.1 Å². The van der Waals surface area contributed by atoms with Crippen LogP contribution < -0.4 is 10.2 Å². The van der Waals surface area contributed by atoms with Gasteiger partial charge in [0, 0.05) is 5.92 Å². The van der Waals surface area contributed by atoms with Gasteiger partial charge in [-0.1, -0.05) is 12.1 Å². The average Bonchev–Trinajstić information content (AvgIpc) is 2.89. The van der Waals surface area contributed by atoms with Gasteiger partial charge in [0.05, 0.1) is 17.8 Å². The van der Waals surface area contributed by atoms with Crippen LogP contribution >= 0.6 is 0 Å². The molecular formula is C15H17F3N2O2. The van der Waals surface area contributed by atoms with Crippen LogP contribution in [0, 0.1) is 5.92 Å². The lowest BCUT2D eigenvalue weighted by Crippen LogP contribution is -2.36. The summed E-state index contributed by atoms with van der Waals surface area (Å²) in [6.45, 7) is 1.87. The van der Waals surface area contributed by atoms with Crippen LogP contribution in [0.3, 0.4) is 0 Å². The average molecular weight is 314 g/mol. The molecule has 1 N–H and O–H groups in total. The van der Waals surface area contributed by atoms with Crippen LogP contribution in [0.25, 0.3) is 0 Å². The number of alkyl halides is 3. The SMILES string of the molecule is O=C1OC(C2CCNCC2)CN1c1ccccc1C(F)(F)F. The summed E-state index contributed by atoms with van der Waals surface area (Å²) in [6, 6.07) is 5.11. The van der Waals surface area contributed by atoms with Gasteiger partial charge in [0.25, 0.3) is 0 Å². The molecule has 0 aliphatic carbocycles. The number of benzene rings is 1. The van der Waals surface area contributed by atoms with E-state index in [0.29, 0.717) is 0 Å². The number of piperidine rings is 1. The van der Waals surface area contributed by atoms with Gasteiger partial charge in [-0.25, -0.2) is 4.79 Å². The van der Waals surface area contributed by atoms with Crippen LogP contribution in [-0.4, -0.2) is 31.8 Å². The minimum Gasteiger partial charge on any atom is -0.444 e. The fourth-order valence-electron chi connectivity index (χ4n) is 3.09. The van der Waals surface area contributed by atoms with E-state index in [1.165, 1.54) is 18.2 Å². The zero-order chi connectivity index (χ0) is 15.7. The first-order valence-corrected chi connectivity index (χ1v) is 7.32. The zero-order valence-corrected chi connectivity index (χ0v) is 11.9. The molecule has 4 nitrogen and oxygen atoms in total. The number of carbonyl (C=O) groups is 1. The van der Waals surface area contributed by atoms with Gasteiger partial charge in [0.2, 0.25) is 0 Å². The number of amides is 1. The molecule has 2 aliphatic heterocycles. The molecule has 1 atom stereocenters. The molecule has 2 heterocycles. The Hall–Kier alpha value is -1.76. The summed E-state index contributed by atoms with van der Waals surface area (Å²) in [6.07, 6.45) is -3.79. The van der Waals surface area contributed by atoms with Crippen LogP contribution in [-0.2, 0) is 10.9 Å². The summed E-state index contributed by atoms with van der Waals surface area (Å²) >= 11 is 0. The lowest BCUT2D eigenvalue weighted by atomic mass is 9.92. The van der Waals surface area contributed by atoms with Gasteiger partial charge >= 0.3 is 12.3 Å². The Morgan fingerprint density at radius 1 is 1.18 bits per heavy atom. The largest absolute Gasteiger partial charge is 0.444 e. The minimum atomic E-state index is -4.50. The first-order valence-electron chi connectivity index (χ1n) is 7.32. The molecule has 7 heteroatoms. The number of ether oxygens (including phenoxy) is 1. The summed E-state index contributed by atoms with van der Waals surface area (Å²) in [4.78, 5) is 13.1. The molecule has 0 spiro atoms. The molecule has 1 amide bonds. The first kappa shape index (κ1) is 15.1. The maximum absolute atomic E-state index is 13.1. The van der Waals surface area contributed by atoms with Crippen molar-refractivity contribution in [2.45, 2.75) is 25.1 Å². The summed E-state index contributed by atoms with van der Waals surface area (Å²) in [5.41, 5.74) is -0.936. The van der Waals surface area contributed by atoms with Crippen molar-refractivity contribution in [3.05, 3.63) is 29.8 Å². The van der Waals surface area contributed by atoms with Gasteiger partial charge in [0.15, 0.2) is 0 Å². The maximum atomic E-state index is 13.1. The quantitative estimate of drug-likeness (QED) is 0.912. The Labute approximate surface area is 126 Å². The summed E-state index contributed by atoms with van der Waals surface area (Å²) in [5, 5.41) is 3.22. The van der Waals surface area contributed by atoms with Crippen LogP contribution in [0.15, 0.2) is 24.3 Å². The third-order valence-electron chi connectivity index (χ3n) is 4.24. The highest BCUT2D eigenvalue weighted by molar-refractivity contribution is 5.90. The van der Waals surface area contributed by atoms with Crippen molar-refractivity contribution in [2.75, 3.05) is 24.5 Å². The number of halogens is 3. The van der Waals surface area contributed by atoms with Crippen molar-refractivity contribution >= 4 is 11.8 Å². The smallest absolute Gasteiger partial charge is 0.418 e. The van der Waals surface area contributed by atoms with Crippen LogP contribution in [0.1, 0.15) is 18.4 Å². The number of rotatable bonds is 2. The normalized spacial score (nSPS) is 23.7. The topological polar surface area (TPSA) is 41.6 Å². The molecule has 22 heavy (non-hydrogen) atoms. The molecule has 2 fully saturated rings. The van der Waals surface area contributed by atoms with Gasteiger partial charge in [-0.3, -0.25) is 4.90 Å². The molecule has 2 aliphatic rings. The van der Waals surface area contributed by atoms with Gasteiger partial charge in [-0.2, -0.15) is 13.2 Å². The number of hydrogen-bond acceptors (Lipinski definition) is 3. The van der Waals surface area contributed by atoms with Gasteiger partial charge in [-0.15, -0.1) is 0 Å². The van der Waals surface area contributed by atoms with E-state index in [1.54, 1.807) is 0 Å². The highest BCUT2D eigenvalue weighted by atomic mass is 19.4. The molecule has 1 aromatic rings. The van der Waals surface area contributed by atoms with Crippen LogP contribution in [0.2, 0.25) is 0 Å². The Morgan fingerprint density at radius 3 is 2.55 bits per heavy atom. The van der Waals surface area contributed by atoms with Crippen LogP contribution in [0.5, 0.6) is 0 Å². The Kier molecular flexibility index (Phi) is 3.99. The second-order valence-corrected chi connectivity index (χ2v) is 5.64. The molecule has 1 aromatic carbocycles. The summed E-state index contributed by atoms with van der Waals surface area (Å²) in [7, 11) is 0. The second-order valence-electron chi connectivity index (χ2n) is 5.64. The first-order chi connectivity index (χ1) is 10.5. The van der Waals surface area contributed by atoms with Crippen molar-refractivity contribution in [3.63, 3.8) is 0 Å². The molecular weight excluding hydrogens is 297 g/mol. The number of anilines is 1.